The van der Waals surface area contributed by atoms with E-state index >= 15 is 0 Å². The fraction of sp³-hybridized carbons (Fsp3) is 0.923. The molecule has 0 aromatic carbocycles. The van der Waals surface area contributed by atoms with Gasteiger partial charge in [0.25, 0.3) is 0 Å². The summed E-state index contributed by atoms with van der Waals surface area (Å²) in [6.07, 6.45) is 3.24. The van der Waals surface area contributed by atoms with Crippen LogP contribution in [0.25, 0.3) is 0 Å². The number of unbranched alkanes of at least 4 members (excludes halogenated alkanes) is 1. The Balaban J connectivity index is 2.53. The number of hydrogen-bond donors (Lipinski definition) is 1. The minimum Gasteiger partial charge on any atom is -0.373 e. The van der Waals surface area contributed by atoms with E-state index in [1.807, 2.05) is 18.7 Å². The molecular weight excluding hydrogens is 216 g/mol. The number of carbonyl (C=O) groups excluding carboxylic acids is 1. The molecule has 1 saturated heterocycles. The lowest BCUT2D eigenvalue weighted by Crippen LogP contribution is -2.54. The molecule has 4 heteroatoms. The van der Waals surface area contributed by atoms with Gasteiger partial charge >= 0.3 is 0 Å². The summed E-state index contributed by atoms with van der Waals surface area (Å²) in [4.78, 5) is 14.3. The van der Waals surface area contributed by atoms with Crippen molar-refractivity contribution in [3.8, 4) is 0 Å². The molecule has 1 fully saturated rings. The molecule has 2 N–H and O–H groups in total. The van der Waals surface area contributed by atoms with Gasteiger partial charge in [-0.25, -0.2) is 0 Å². The molecule has 0 bridgehead atoms. The third-order valence-electron chi connectivity index (χ3n) is 3.46. The Labute approximate surface area is 104 Å². The predicted octanol–water partition coefficient (Wildman–Crippen LogP) is 1.39. The van der Waals surface area contributed by atoms with Crippen LogP contribution in [-0.2, 0) is 9.53 Å². The van der Waals surface area contributed by atoms with Gasteiger partial charge < -0.3 is 15.4 Å². The first-order valence-corrected chi connectivity index (χ1v) is 6.72. The van der Waals surface area contributed by atoms with Crippen molar-refractivity contribution in [3.05, 3.63) is 0 Å². The van der Waals surface area contributed by atoms with Crippen LogP contribution in [-0.4, -0.2) is 42.6 Å². The fourth-order valence-corrected chi connectivity index (χ4v) is 2.18. The highest BCUT2D eigenvalue weighted by molar-refractivity contribution is 5.78. The molecule has 0 saturated carbocycles. The molecule has 1 heterocycles. The maximum absolute atomic E-state index is 12.3. The highest BCUT2D eigenvalue weighted by Crippen LogP contribution is 2.17. The summed E-state index contributed by atoms with van der Waals surface area (Å²) in [6, 6.07) is 0.175. The van der Waals surface area contributed by atoms with Crippen LogP contribution in [0.5, 0.6) is 0 Å². The van der Waals surface area contributed by atoms with Gasteiger partial charge in [-0.1, -0.05) is 26.7 Å². The third-order valence-corrected chi connectivity index (χ3v) is 3.46. The Hall–Kier alpha value is -0.610. The summed E-state index contributed by atoms with van der Waals surface area (Å²) >= 11 is 0. The van der Waals surface area contributed by atoms with Crippen molar-refractivity contribution in [2.45, 2.75) is 52.2 Å². The lowest BCUT2D eigenvalue weighted by atomic mass is 10.0. The second-order valence-electron chi connectivity index (χ2n) is 5.07. The smallest absolute Gasteiger partial charge is 0.225 e. The second-order valence-corrected chi connectivity index (χ2v) is 5.07. The van der Waals surface area contributed by atoms with E-state index in [9.17, 15) is 4.79 Å². The van der Waals surface area contributed by atoms with E-state index in [2.05, 4.69) is 6.92 Å². The van der Waals surface area contributed by atoms with Gasteiger partial charge in [0.2, 0.25) is 5.91 Å². The Morgan fingerprint density at radius 2 is 2.29 bits per heavy atom. The maximum Gasteiger partial charge on any atom is 0.225 e. The molecule has 1 aliphatic heterocycles. The number of amides is 1. The Morgan fingerprint density at radius 1 is 1.59 bits per heavy atom. The zero-order valence-electron chi connectivity index (χ0n) is 11.3. The average molecular weight is 242 g/mol. The minimum atomic E-state index is 0.00789. The Morgan fingerprint density at radius 3 is 2.88 bits per heavy atom. The van der Waals surface area contributed by atoms with Crippen LogP contribution in [0.4, 0.5) is 0 Å². The van der Waals surface area contributed by atoms with Crippen molar-refractivity contribution >= 4 is 5.91 Å². The molecular formula is C13H26N2O2. The molecule has 0 aliphatic carbocycles. The molecule has 0 spiro atoms. The standard InChI is InChI=1S/C13H26N2O2/c1-4-5-6-10(2)13(16)15-8-12(7-14)17-9-11(15)3/h10-12H,4-9,14H2,1-3H3. The monoisotopic (exact) mass is 242 g/mol. The number of nitrogens with zero attached hydrogens (tertiary/aromatic N) is 1. The fourth-order valence-electron chi connectivity index (χ4n) is 2.18. The topological polar surface area (TPSA) is 55.6 Å². The van der Waals surface area contributed by atoms with Crippen LogP contribution in [0.3, 0.4) is 0 Å². The summed E-state index contributed by atoms with van der Waals surface area (Å²) in [5.41, 5.74) is 5.60. The largest absolute Gasteiger partial charge is 0.373 e. The summed E-state index contributed by atoms with van der Waals surface area (Å²) < 4.78 is 5.56. The number of hydrogen-bond acceptors (Lipinski definition) is 3. The molecule has 1 rings (SSSR count). The molecule has 4 nitrogen and oxygen atoms in total. The summed E-state index contributed by atoms with van der Waals surface area (Å²) in [5.74, 6) is 0.377. The highest BCUT2D eigenvalue weighted by atomic mass is 16.5. The Kier molecular flexibility index (Phi) is 5.92. The molecule has 100 valence electrons. The van der Waals surface area contributed by atoms with Crippen molar-refractivity contribution < 1.29 is 9.53 Å². The quantitative estimate of drug-likeness (QED) is 0.792. The van der Waals surface area contributed by atoms with Gasteiger partial charge in [0.15, 0.2) is 0 Å². The van der Waals surface area contributed by atoms with Crippen LogP contribution >= 0.6 is 0 Å². The van der Waals surface area contributed by atoms with Gasteiger partial charge in [0, 0.05) is 19.0 Å². The molecule has 1 amide bonds. The van der Waals surface area contributed by atoms with Crippen LogP contribution in [0.15, 0.2) is 0 Å². The van der Waals surface area contributed by atoms with Gasteiger partial charge in [0.1, 0.15) is 0 Å². The number of nitrogens with two attached hydrogens (primary N) is 1. The second kappa shape index (κ2) is 6.97. The van der Waals surface area contributed by atoms with E-state index in [1.165, 1.54) is 0 Å². The first-order valence-electron chi connectivity index (χ1n) is 6.72. The van der Waals surface area contributed by atoms with E-state index in [-0.39, 0.29) is 24.0 Å². The molecule has 17 heavy (non-hydrogen) atoms. The zero-order chi connectivity index (χ0) is 12.8. The van der Waals surface area contributed by atoms with Crippen LogP contribution in [0, 0.1) is 5.92 Å². The van der Waals surface area contributed by atoms with E-state index in [4.69, 9.17) is 10.5 Å². The summed E-state index contributed by atoms with van der Waals surface area (Å²) in [6.45, 7) is 7.95. The van der Waals surface area contributed by atoms with Gasteiger partial charge in [-0.2, -0.15) is 0 Å². The average Bonchev–Trinajstić information content (AvgIpc) is 2.35. The first kappa shape index (κ1) is 14.5. The van der Waals surface area contributed by atoms with Gasteiger partial charge in [-0.15, -0.1) is 0 Å². The van der Waals surface area contributed by atoms with E-state index in [0.29, 0.717) is 19.7 Å². The molecule has 0 aromatic heterocycles. The van der Waals surface area contributed by atoms with E-state index in [1.54, 1.807) is 0 Å². The van der Waals surface area contributed by atoms with Crippen LogP contribution < -0.4 is 5.73 Å². The number of ether oxygens (including phenoxy) is 1. The molecule has 0 radical (unpaired) electrons. The lowest BCUT2D eigenvalue weighted by Gasteiger charge is -2.39. The van der Waals surface area contributed by atoms with Crippen LogP contribution in [0.1, 0.15) is 40.0 Å². The van der Waals surface area contributed by atoms with Crippen molar-refractivity contribution in [3.63, 3.8) is 0 Å². The van der Waals surface area contributed by atoms with Crippen molar-refractivity contribution in [1.82, 2.24) is 4.90 Å². The number of morpholine rings is 1. The maximum atomic E-state index is 12.3. The van der Waals surface area contributed by atoms with Gasteiger partial charge in [-0.3, -0.25) is 4.79 Å². The van der Waals surface area contributed by atoms with Crippen molar-refractivity contribution in [1.29, 1.82) is 0 Å². The van der Waals surface area contributed by atoms with E-state index < -0.39 is 0 Å². The van der Waals surface area contributed by atoms with Crippen molar-refractivity contribution in [2.75, 3.05) is 19.7 Å². The third kappa shape index (κ3) is 3.96. The minimum absolute atomic E-state index is 0.00789. The molecule has 0 aromatic rings. The first-order chi connectivity index (χ1) is 8.10. The lowest BCUT2D eigenvalue weighted by molar-refractivity contribution is -0.147. The predicted molar refractivity (Wildman–Crippen MR) is 68.7 cm³/mol. The normalized spacial score (nSPS) is 26.9. The zero-order valence-corrected chi connectivity index (χ0v) is 11.3. The van der Waals surface area contributed by atoms with Crippen LogP contribution in [0.2, 0.25) is 0 Å². The van der Waals surface area contributed by atoms with Gasteiger partial charge in [-0.05, 0) is 13.3 Å². The highest BCUT2D eigenvalue weighted by Gasteiger charge is 2.30. The van der Waals surface area contributed by atoms with Crippen molar-refractivity contribution in [2.24, 2.45) is 11.7 Å². The summed E-state index contributed by atoms with van der Waals surface area (Å²) in [7, 11) is 0. The van der Waals surface area contributed by atoms with E-state index in [0.717, 1.165) is 19.3 Å². The number of carbonyl (C=O) groups is 1. The molecule has 3 unspecified atom stereocenters. The Bertz CT molecular complexity index is 246. The molecule has 1 aliphatic rings. The number of rotatable bonds is 5. The SMILES string of the molecule is CCCCC(C)C(=O)N1CC(CN)OCC1C. The summed E-state index contributed by atoms with van der Waals surface area (Å²) in [5, 5.41) is 0. The molecule has 3 atom stereocenters. The van der Waals surface area contributed by atoms with Gasteiger partial charge in [0.05, 0.1) is 18.8 Å².